The molecule has 0 spiro atoms. The third-order valence-corrected chi connectivity index (χ3v) is 3.50. The molecule has 0 unspecified atom stereocenters. The Hall–Kier alpha value is -2.01. The van der Waals surface area contributed by atoms with Crippen LogP contribution in [-0.4, -0.2) is 15.0 Å². The van der Waals surface area contributed by atoms with Gasteiger partial charge in [0.1, 0.15) is 21.7 Å². The van der Waals surface area contributed by atoms with Gasteiger partial charge in [-0.1, -0.05) is 35.1 Å². The molecule has 4 nitrogen and oxygen atoms in total. The first kappa shape index (κ1) is 10.2. The van der Waals surface area contributed by atoms with Crippen LogP contribution < -0.4 is 5.73 Å². The second-order valence-electron chi connectivity index (χ2n) is 3.80. The summed E-state index contributed by atoms with van der Waals surface area (Å²) in [7, 11) is 0. The minimum atomic E-state index is 0.435. The van der Waals surface area contributed by atoms with Crippen LogP contribution in [-0.2, 0) is 0 Å². The van der Waals surface area contributed by atoms with E-state index >= 15 is 0 Å². The normalized spacial score (nSPS) is 10.9. The molecule has 0 fully saturated rings. The molecule has 5 heteroatoms. The highest BCUT2D eigenvalue weighted by atomic mass is 32.1. The van der Waals surface area contributed by atoms with E-state index in [0.717, 1.165) is 15.4 Å². The van der Waals surface area contributed by atoms with E-state index in [1.54, 1.807) is 0 Å². The molecule has 2 N–H and O–H groups in total. The molecule has 0 aliphatic carbocycles. The SMILES string of the molecule is Cc1cccc(-c2nc3c(N)ncnc3s2)c1. The van der Waals surface area contributed by atoms with Crippen molar-refractivity contribution >= 4 is 27.5 Å². The maximum Gasteiger partial charge on any atom is 0.154 e. The van der Waals surface area contributed by atoms with Crippen molar-refractivity contribution in [2.45, 2.75) is 6.92 Å². The first-order valence-electron chi connectivity index (χ1n) is 5.18. The van der Waals surface area contributed by atoms with Crippen molar-refractivity contribution in [1.82, 2.24) is 15.0 Å². The predicted molar refractivity (Wildman–Crippen MR) is 69.8 cm³/mol. The van der Waals surface area contributed by atoms with Crippen LogP contribution >= 0.6 is 11.3 Å². The largest absolute Gasteiger partial charge is 0.382 e. The quantitative estimate of drug-likeness (QED) is 0.712. The van der Waals surface area contributed by atoms with Crippen LogP contribution in [0.1, 0.15) is 5.56 Å². The van der Waals surface area contributed by atoms with Crippen molar-refractivity contribution < 1.29 is 0 Å². The minimum Gasteiger partial charge on any atom is -0.382 e. The van der Waals surface area contributed by atoms with Gasteiger partial charge in [0.15, 0.2) is 5.82 Å². The molecule has 0 saturated heterocycles. The molecule has 84 valence electrons. The number of aryl methyl sites for hydroxylation is 1. The van der Waals surface area contributed by atoms with E-state index in [9.17, 15) is 0 Å². The Bertz CT molecular complexity index is 690. The average molecular weight is 242 g/mol. The molecule has 3 rings (SSSR count). The molecule has 0 amide bonds. The van der Waals surface area contributed by atoms with Gasteiger partial charge in [-0.05, 0) is 13.0 Å². The number of hydrogen-bond donors (Lipinski definition) is 1. The predicted octanol–water partition coefficient (Wildman–Crippen LogP) is 2.64. The summed E-state index contributed by atoms with van der Waals surface area (Å²) < 4.78 is 0. The van der Waals surface area contributed by atoms with Gasteiger partial charge in [-0.2, -0.15) is 0 Å². The van der Waals surface area contributed by atoms with Crippen LogP contribution in [0.25, 0.3) is 20.9 Å². The molecule has 0 atom stereocenters. The zero-order valence-electron chi connectivity index (χ0n) is 9.21. The van der Waals surface area contributed by atoms with Crippen LogP contribution in [0.5, 0.6) is 0 Å². The van der Waals surface area contributed by atoms with E-state index in [1.807, 2.05) is 12.1 Å². The average Bonchev–Trinajstić information content (AvgIpc) is 2.74. The summed E-state index contributed by atoms with van der Waals surface area (Å²) in [6.45, 7) is 2.06. The number of benzene rings is 1. The van der Waals surface area contributed by atoms with Crippen LogP contribution in [0, 0.1) is 6.92 Å². The first-order valence-corrected chi connectivity index (χ1v) is 6.00. The van der Waals surface area contributed by atoms with Crippen LogP contribution in [0.3, 0.4) is 0 Å². The minimum absolute atomic E-state index is 0.435. The number of fused-ring (bicyclic) bond motifs is 1. The summed E-state index contributed by atoms with van der Waals surface area (Å²) in [4.78, 5) is 13.4. The third-order valence-electron chi connectivity index (χ3n) is 2.49. The van der Waals surface area contributed by atoms with Gasteiger partial charge in [0, 0.05) is 5.56 Å². The fraction of sp³-hybridized carbons (Fsp3) is 0.0833. The maximum absolute atomic E-state index is 5.77. The van der Waals surface area contributed by atoms with Gasteiger partial charge < -0.3 is 5.73 Å². The third kappa shape index (κ3) is 1.74. The van der Waals surface area contributed by atoms with Gasteiger partial charge in [0.2, 0.25) is 0 Å². The Balaban J connectivity index is 2.22. The highest BCUT2D eigenvalue weighted by molar-refractivity contribution is 7.21. The van der Waals surface area contributed by atoms with E-state index in [4.69, 9.17) is 5.73 Å². The van der Waals surface area contributed by atoms with E-state index in [-0.39, 0.29) is 0 Å². The van der Waals surface area contributed by atoms with Crippen molar-refractivity contribution in [2.75, 3.05) is 5.73 Å². The lowest BCUT2D eigenvalue weighted by Gasteiger charge is -1.96. The van der Waals surface area contributed by atoms with Gasteiger partial charge in [0.25, 0.3) is 0 Å². The maximum atomic E-state index is 5.77. The highest BCUT2D eigenvalue weighted by Gasteiger charge is 2.09. The first-order chi connectivity index (χ1) is 8.24. The zero-order chi connectivity index (χ0) is 11.8. The lowest BCUT2D eigenvalue weighted by atomic mass is 10.1. The van der Waals surface area contributed by atoms with Gasteiger partial charge in [0.05, 0.1) is 0 Å². The van der Waals surface area contributed by atoms with Gasteiger partial charge in [-0.3, -0.25) is 0 Å². The molecule has 0 radical (unpaired) electrons. The number of nitrogens with zero attached hydrogens (tertiary/aromatic N) is 3. The van der Waals surface area contributed by atoms with Crippen molar-refractivity contribution in [2.24, 2.45) is 0 Å². The summed E-state index contributed by atoms with van der Waals surface area (Å²) in [5, 5.41) is 0.927. The van der Waals surface area contributed by atoms with Crippen molar-refractivity contribution in [3.63, 3.8) is 0 Å². The molecular formula is C12H10N4S. The van der Waals surface area contributed by atoms with Crippen molar-refractivity contribution in [1.29, 1.82) is 0 Å². The summed E-state index contributed by atoms with van der Waals surface area (Å²) >= 11 is 1.53. The second-order valence-corrected chi connectivity index (χ2v) is 4.78. The number of rotatable bonds is 1. The second kappa shape index (κ2) is 3.78. The lowest BCUT2D eigenvalue weighted by molar-refractivity contribution is 1.23. The number of nitrogens with two attached hydrogens (primary N) is 1. The van der Waals surface area contributed by atoms with Gasteiger partial charge in [-0.15, -0.1) is 0 Å². The summed E-state index contributed by atoms with van der Waals surface area (Å²) in [6.07, 6.45) is 1.47. The van der Waals surface area contributed by atoms with Crippen LogP contribution in [0.15, 0.2) is 30.6 Å². The number of anilines is 1. The molecule has 0 aliphatic rings. The summed E-state index contributed by atoms with van der Waals surface area (Å²) in [5.41, 5.74) is 8.76. The van der Waals surface area contributed by atoms with E-state index in [1.165, 1.54) is 23.2 Å². The Labute approximate surface area is 102 Å². The molecular weight excluding hydrogens is 232 g/mol. The Morgan fingerprint density at radius 2 is 2.12 bits per heavy atom. The standard InChI is InChI=1S/C12H10N4S/c1-7-3-2-4-8(5-7)11-16-9-10(13)14-6-15-12(9)17-11/h2-6H,1H3,(H2,13,14,15). The lowest BCUT2D eigenvalue weighted by Crippen LogP contribution is -1.91. The number of aromatic nitrogens is 3. The Kier molecular flexibility index (Phi) is 2.26. The highest BCUT2D eigenvalue weighted by Crippen LogP contribution is 2.30. The Morgan fingerprint density at radius 1 is 1.24 bits per heavy atom. The molecule has 3 aromatic rings. The number of thiazole rings is 1. The van der Waals surface area contributed by atoms with E-state index < -0.39 is 0 Å². The Morgan fingerprint density at radius 3 is 2.88 bits per heavy atom. The molecule has 2 aromatic heterocycles. The fourth-order valence-electron chi connectivity index (χ4n) is 1.67. The molecule has 17 heavy (non-hydrogen) atoms. The van der Waals surface area contributed by atoms with Gasteiger partial charge >= 0.3 is 0 Å². The topological polar surface area (TPSA) is 64.7 Å². The van der Waals surface area contributed by atoms with Crippen LogP contribution in [0.4, 0.5) is 5.82 Å². The number of hydrogen-bond acceptors (Lipinski definition) is 5. The molecule has 1 aromatic carbocycles. The van der Waals surface area contributed by atoms with Crippen molar-refractivity contribution in [3.8, 4) is 10.6 Å². The monoisotopic (exact) mass is 242 g/mol. The van der Waals surface area contributed by atoms with Crippen molar-refractivity contribution in [3.05, 3.63) is 36.2 Å². The molecule has 0 bridgehead atoms. The zero-order valence-corrected chi connectivity index (χ0v) is 10.0. The number of nitrogen functional groups attached to an aromatic ring is 1. The molecule has 0 aliphatic heterocycles. The van der Waals surface area contributed by atoms with Crippen LogP contribution in [0.2, 0.25) is 0 Å². The fourth-order valence-corrected chi connectivity index (χ4v) is 2.58. The van der Waals surface area contributed by atoms with E-state index in [0.29, 0.717) is 11.3 Å². The van der Waals surface area contributed by atoms with E-state index in [2.05, 4.69) is 34.0 Å². The smallest absolute Gasteiger partial charge is 0.154 e. The summed E-state index contributed by atoms with van der Waals surface area (Å²) in [6, 6.07) is 8.21. The summed E-state index contributed by atoms with van der Waals surface area (Å²) in [5.74, 6) is 0.435. The molecule has 2 heterocycles. The molecule has 0 saturated carbocycles. The van der Waals surface area contributed by atoms with Gasteiger partial charge in [-0.25, -0.2) is 15.0 Å².